The Labute approximate surface area is 237 Å². The van der Waals surface area contributed by atoms with E-state index in [1.807, 2.05) is 6.07 Å². The van der Waals surface area contributed by atoms with E-state index < -0.39 is 30.0 Å². The zero-order chi connectivity index (χ0) is 29.7. The van der Waals surface area contributed by atoms with Gasteiger partial charge in [-0.2, -0.15) is 13.2 Å². The van der Waals surface area contributed by atoms with Crippen molar-refractivity contribution in [3.8, 4) is 11.5 Å². The van der Waals surface area contributed by atoms with Crippen molar-refractivity contribution in [2.24, 2.45) is 5.41 Å². The van der Waals surface area contributed by atoms with Crippen LogP contribution in [0.2, 0.25) is 0 Å². The number of carbonyl (C=O) groups excluding carboxylic acids is 2. The number of rotatable bonds is 6. The van der Waals surface area contributed by atoms with Crippen molar-refractivity contribution in [3.63, 3.8) is 0 Å². The van der Waals surface area contributed by atoms with Gasteiger partial charge < -0.3 is 18.9 Å². The highest BCUT2D eigenvalue weighted by atomic mass is 19.4. The van der Waals surface area contributed by atoms with Gasteiger partial charge in [0.25, 0.3) is 0 Å². The summed E-state index contributed by atoms with van der Waals surface area (Å²) in [4.78, 5) is 26.8. The number of halogens is 3. The third-order valence-corrected chi connectivity index (χ3v) is 8.11. The number of allylic oxidation sites excluding steroid dienone is 1. The summed E-state index contributed by atoms with van der Waals surface area (Å²) in [5, 5.41) is 0. The van der Waals surface area contributed by atoms with E-state index in [2.05, 4.69) is 13.8 Å². The molecule has 3 aliphatic rings. The highest BCUT2D eigenvalue weighted by Crippen LogP contribution is 2.49. The van der Waals surface area contributed by atoms with Crippen LogP contribution in [0.4, 0.5) is 18.0 Å². The highest BCUT2D eigenvalue weighted by molar-refractivity contribution is 5.80. The first-order valence-corrected chi connectivity index (χ1v) is 13.6. The van der Waals surface area contributed by atoms with E-state index >= 15 is 0 Å². The second-order valence-corrected chi connectivity index (χ2v) is 11.9. The number of methoxy groups -OCH3 is 1. The van der Waals surface area contributed by atoms with Crippen molar-refractivity contribution in [1.29, 1.82) is 0 Å². The minimum Gasteiger partial charge on any atom is -0.469 e. The highest BCUT2D eigenvalue weighted by Gasteiger charge is 2.42. The first-order valence-electron chi connectivity index (χ1n) is 13.6. The van der Waals surface area contributed by atoms with E-state index in [9.17, 15) is 22.8 Å². The second kappa shape index (κ2) is 10.6. The normalized spacial score (nSPS) is 21.8. The van der Waals surface area contributed by atoms with Crippen LogP contribution >= 0.6 is 0 Å². The first kappa shape index (κ1) is 28.8. The van der Waals surface area contributed by atoms with Gasteiger partial charge in [0.15, 0.2) is 11.5 Å². The summed E-state index contributed by atoms with van der Waals surface area (Å²) in [6, 6.07) is 6.97. The van der Waals surface area contributed by atoms with Crippen LogP contribution in [0.15, 0.2) is 35.9 Å². The van der Waals surface area contributed by atoms with Crippen LogP contribution in [0.1, 0.15) is 74.0 Å². The summed E-state index contributed by atoms with van der Waals surface area (Å²) in [5.74, 6) is 0.769. The minimum atomic E-state index is -4.51. The topological polar surface area (TPSA) is 74.3 Å². The maximum Gasteiger partial charge on any atom is 0.416 e. The average Bonchev–Trinajstić information content (AvgIpc) is 3.47. The molecule has 2 heterocycles. The molecule has 1 aliphatic carbocycles. The van der Waals surface area contributed by atoms with Gasteiger partial charge in [-0.1, -0.05) is 25.5 Å². The van der Waals surface area contributed by atoms with Crippen LogP contribution in [-0.4, -0.2) is 43.5 Å². The third-order valence-electron chi connectivity index (χ3n) is 8.11. The fourth-order valence-corrected chi connectivity index (χ4v) is 6.03. The number of benzene rings is 2. The van der Waals surface area contributed by atoms with Crippen LogP contribution in [-0.2, 0) is 26.9 Å². The molecule has 41 heavy (non-hydrogen) atoms. The Hall–Kier alpha value is -3.69. The molecule has 2 aromatic carbocycles. The van der Waals surface area contributed by atoms with Crippen LogP contribution in [0.25, 0.3) is 5.57 Å². The Morgan fingerprint density at radius 1 is 1.15 bits per heavy atom. The fourth-order valence-electron chi connectivity index (χ4n) is 6.03. The quantitative estimate of drug-likeness (QED) is 0.347. The van der Waals surface area contributed by atoms with Crippen molar-refractivity contribution in [2.75, 3.05) is 20.4 Å². The lowest BCUT2D eigenvalue weighted by atomic mass is 9.72. The number of esters is 1. The monoisotopic (exact) mass is 573 g/mol. The molecule has 2 atom stereocenters. The van der Waals surface area contributed by atoms with Gasteiger partial charge in [-0.25, -0.2) is 4.79 Å². The predicted octanol–water partition coefficient (Wildman–Crippen LogP) is 7.00. The van der Waals surface area contributed by atoms with Crippen LogP contribution in [0, 0.1) is 12.3 Å². The number of amides is 1. The molecule has 0 saturated carbocycles. The number of alkyl halides is 3. The third kappa shape index (κ3) is 5.87. The second-order valence-electron chi connectivity index (χ2n) is 11.9. The fraction of sp³-hybridized carbons (Fsp3) is 0.484. The Bertz CT molecular complexity index is 1410. The van der Waals surface area contributed by atoms with Crippen molar-refractivity contribution in [1.82, 2.24) is 4.90 Å². The van der Waals surface area contributed by atoms with Gasteiger partial charge in [0.2, 0.25) is 6.79 Å². The summed E-state index contributed by atoms with van der Waals surface area (Å²) in [5.41, 5.74) is 3.52. The molecule has 1 fully saturated rings. The van der Waals surface area contributed by atoms with Crippen molar-refractivity contribution < 1.29 is 41.7 Å². The summed E-state index contributed by atoms with van der Waals surface area (Å²) in [6.07, 6.45) is -3.54. The van der Waals surface area contributed by atoms with Crippen molar-refractivity contribution in [2.45, 2.75) is 71.7 Å². The molecule has 0 spiro atoms. The molecule has 2 aliphatic heterocycles. The lowest BCUT2D eigenvalue weighted by molar-refractivity contribution is -0.140. The molecule has 220 valence electrons. The predicted molar refractivity (Wildman–Crippen MR) is 144 cm³/mol. The number of ether oxygens (including phenoxy) is 4. The average molecular weight is 574 g/mol. The Kier molecular flexibility index (Phi) is 7.46. The molecular weight excluding hydrogens is 539 g/mol. The zero-order valence-electron chi connectivity index (χ0n) is 23.8. The molecule has 1 amide bonds. The summed E-state index contributed by atoms with van der Waals surface area (Å²) in [7, 11) is 1.34. The van der Waals surface area contributed by atoms with Crippen LogP contribution < -0.4 is 9.47 Å². The van der Waals surface area contributed by atoms with Gasteiger partial charge >= 0.3 is 18.2 Å². The molecule has 0 unspecified atom stereocenters. The van der Waals surface area contributed by atoms with Gasteiger partial charge in [0.1, 0.15) is 6.10 Å². The Balaban J connectivity index is 1.51. The smallest absolute Gasteiger partial charge is 0.416 e. The molecule has 2 aromatic rings. The number of hydrogen-bond acceptors (Lipinski definition) is 6. The molecule has 7 nitrogen and oxygen atoms in total. The molecule has 0 N–H and O–H groups in total. The number of cyclic esters (lactones) is 1. The van der Waals surface area contributed by atoms with Gasteiger partial charge in [-0.15, -0.1) is 0 Å². The number of nitrogens with zero attached hydrogens (tertiary/aromatic N) is 1. The van der Waals surface area contributed by atoms with Gasteiger partial charge in [0, 0.05) is 12.1 Å². The van der Waals surface area contributed by atoms with Gasteiger partial charge in [-0.3, -0.25) is 9.69 Å². The van der Waals surface area contributed by atoms with E-state index in [-0.39, 0.29) is 31.1 Å². The number of fused-ring (bicyclic) bond motifs is 1. The van der Waals surface area contributed by atoms with E-state index in [4.69, 9.17) is 18.9 Å². The maximum absolute atomic E-state index is 13.5. The standard InChI is InChI=1S/C31H34F3NO6/c1-17-8-20(13-22(9-17)31(32,33)34)27-18(2)35(29(37)41-27)15-21-14-30(3,4)7-6-23(21)24-10-19(12-26(36)38-5)11-25-28(24)40-16-39-25/h8-11,13,18,27H,6-7,12,14-16H2,1-5H3/t18-,27-/m0/s1. The lowest BCUT2D eigenvalue weighted by Crippen LogP contribution is -2.35. The lowest BCUT2D eigenvalue weighted by Gasteiger charge is -2.35. The first-order chi connectivity index (χ1) is 19.3. The maximum atomic E-state index is 13.5. The molecule has 5 rings (SSSR count). The van der Waals surface area contributed by atoms with E-state index in [0.717, 1.165) is 40.8 Å². The number of hydrogen-bond donors (Lipinski definition) is 0. The zero-order valence-corrected chi connectivity index (χ0v) is 23.8. The molecule has 10 heteroatoms. The van der Waals surface area contributed by atoms with Crippen molar-refractivity contribution >= 4 is 17.6 Å². The summed E-state index contributed by atoms with van der Waals surface area (Å²) >= 11 is 0. The Morgan fingerprint density at radius 2 is 1.90 bits per heavy atom. The van der Waals surface area contributed by atoms with Gasteiger partial charge in [0.05, 0.1) is 25.1 Å². The number of carbonyl (C=O) groups is 2. The summed E-state index contributed by atoms with van der Waals surface area (Å²) in [6.45, 7) is 8.04. The SMILES string of the molecule is COC(=O)Cc1cc2c(c(C3=C(CN4C(=O)O[C@H](c5cc(C)cc(C(F)(F)F)c5)[C@@H]4C)CC(C)(C)CC3)c1)OCO2. The molecule has 1 saturated heterocycles. The van der Waals surface area contributed by atoms with E-state index in [1.54, 1.807) is 30.9 Å². The Morgan fingerprint density at radius 3 is 2.61 bits per heavy atom. The molecule has 0 aromatic heterocycles. The minimum absolute atomic E-state index is 0.0343. The van der Waals surface area contributed by atoms with E-state index in [1.165, 1.54) is 7.11 Å². The van der Waals surface area contributed by atoms with Gasteiger partial charge in [-0.05, 0) is 85.1 Å². The van der Waals surface area contributed by atoms with Crippen LogP contribution in [0.5, 0.6) is 11.5 Å². The number of aryl methyl sites for hydroxylation is 1. The van der Waals surface area contributed by atoms with Crippen molar-refractivity contribution in [3.05, 3.63) is 63.7 Å². The largest absolute Gasteiger partial charge is 0.469 e. The molecule has 0 radical (unpaired) electrons. The summed E-state index contributed by atoms with van der Waals surface area (Å²) < 4.78 is 62.6. The van der Waals surface area contributed by atoms with Crippen LogP contribution in [0.3, 0.4) is 0 Å². The molecular formula is C31H34F3NO6. The van der Waals surface area contributed by atoms with E-state index in [0.29, 0.717) is 35.5 Å². The molecule has 0 bridgehead atoms.